The lowest BCUT2D eigenvalue weighted by Gasteiger charge is -1.92. The molecule has 1 aromatic carbocycles. The molecule has 1 heteroatoms. The summed E-state index contributed by atoms with van der Waals surface area (Å²) in [5.41, 5.74) is 1.00. The smallest absolute Gasteiger partial charge is 0.123 e. The number of carbonyl (C=O) groups is 1. The summed E-state index contributed by atoms with van der Waals surface area (Å²) < 4.78 is 0. The minimum atomic E-state index is 0.0382. The van der Waals surface area contributed by atoms with Crippen LogP contribution in [0.4, 0.5) is 0 Å². The average Bonchev–Trinajstić information content (AvgIpc) is 2.19. The van der Waals surface area contributed by atoms with Crippen LogP contribution in [0, 0.1) is 17.8 Å². The Balaban J connectivity index is 2.53. The maximum absolute atomic E-state index is 10.3. The Morgan fingerprint density at radius 3 is 2.69 bits per heavy atom. The largest absolute Gasteiger partial charge is 0.303 e. The van der Waals surface area contributed by atoms with E-state index in [0.717, 1.165) is 11.8 Å². The summed E-state index contributed by atoms with van der Waals surface area (Å²) in [7, 11) is 0. The third-order valence-corrected chi connectivity index (χ3v) is 1.66. The summed E-state index contributed by atoms with van der Waals surface area (Å²) >= 11 is 0. The maximum atomic E-state index is 10.3. The van der Waals surface area contributed by atoms with Gasteiger partial charge < -0.3 is 4.79 Å². The van der Waals surface area contributed by atoms with Gasteiger partial charge in [-0.05, 0) is 12.1 Å². The van der Waals surface area contributed by atoms with Crippen molar-refractivity contribution in [1.82, 2.24) is 0 Å². The van der Waals surface area contributed by atoms with Crippen molar-refractivity contribution < 1.29 is 4.79 Å². The van der Waals surface area contributed by atoms with Crippen LogP contribution in [-0.2, 0) is 4.79 Å². The highest BCUT2D eigenvalue weighted by atomic mass is 16.1. The summed E-state index contributed by atoms with van der Waals surface area (Å²) in [6.07, 6.45) is 1.57. The van der Waals surface area contributed by atoms with Gasteiger partial charge in [0.1, 0.15) is 6.29 Å². The first-order valence-corrected chi connectivity index (χ1v) is 4.32. The van der Waals surface area contributed by atoms with E-state index < -0.39 is 0 Å². The van der Waals surface area contributed by atoms with E-state index in [4.69, 9.17) is 0 Å². The Kier molecular flexibility index (Phi) is 3.78. The normalized spacial score (nSPS) is 11.2. The predicted octanol–water partition coefficient (Wildman–Crippen LogP) is 2.26. The van der Waals surface area contributed by atoms with E-state index >= 15 is 0 Å². The monoisotopic (exact) mass is 172 g/mol. The van der Waals surface area contributed by atoms with Crippen LogP contribution in [0.5, 0.6) is 0 Å². The van der Waals surface area contributed by atoms with Gasteiger partial charge in [-0.25, -0.2) is 0 Å². The highest BCUT2D eigenvalue weighted by Crippen LogP contribution is 1.98. The fraction of sp³-hybridized carbons (Fsp3) is 0.250. The lowest BCUT2D eigenvalue weighted by atomic mass is 10.1. The molecular formula is C12H12O. The molecule has 0 saturated heterocycles. The number of aldehydes is 1. The molecule has 0 aliphatic heterocycles. The van der Waals surface area contributed by atoms with Crippen molar-refractivity contribution in [2.45, 2.75) is 13.3 Å². The highest BCUT2D eigenvalue weighted by Gasteiger charge is 1.93. The molecule has 1 nitrogen and oxygen atoms in total. The van der Waals surface area contributed by atoms with Crippen LogP contribution in [-0.4, -0.2) is 6.29 Å². The Hall–Kier alpha value is -1.55. The van der Waals surface area contributed by atoms with Gasteiger partial charge in [-0.3, -0.25) is 0 Å². The summed E-state index contributed by atoms with van der Waals surface area (Å²) in [5, 5.41) is 0. The molecule has 66 valence electrons. The lowest BCUT2D eigenvalue weighted by Crippen LogP contribution is -1.92. The zero-order valence-corrected chi connectivity index (χ0v) is 7.66. The minimum Gasteiger partial charge on any atom is -0.303 e. The zero-order chi connectivity index (χ0) is 9.52. The van der Waals surface area contributed by atoms with Gasteiger partial charge in [0.05, 0.1) is 0 Å². The molecule has 0 radical (unpaired) electrons. The second-order valence-corrected chi connectivity index (χ2v) is 2.99. The molecule has 0 saturated carbocycles. The fourth-order valence-electron chi connectivity index (χ4n) is 0.884. The van der Waals surface area contributed by atoms with Crippen LogP contribution in [0.25, 0.3) is 0 Å². The number of hydrogen-bond donors (Lipinski definition) is 0. The lowest BCUT2D eigenvalue weighted by molar-refractivity contribution is -0.110. The first-order valence-electron chi connectivity index (χ1n) is 4.32. The molecule has 0 amide bonds. The van der Waals surface area contributed by atoms with Gasteiger partial charge in [0.25, 0.3) is 0 Å². The van der Waals surface area contributed by atoms with Gasteiger partial charge in [0, 0.05) is 17.9 Å². The maximum Gasteiger partial charge on any atom is 0.123 e. The van der Waals surface area contributed by atoms with E-state index in [9.17, 15) is 4.79 Å². The third kappa shape index (κ3) is 3.57. The van der Waals surface area contributed by atoms with Gasteiger partial charge in [0.2, 0.25) is 0 Å². The van der Waals surface area contributed by atoms with Crippen molar-refractivity contribution in [3.63, 3.8) is 0 Å². The van der Waals surface area contributed by atoms with Crippen molar-refractivity contribution in [3.8, 4) is 11.8 Å². The molecule has 13 heavy (non-hydrogen) atoms. The molecule has 0 aromatic heterocycles. The summed E-state index contributed by atoms with van der Waals surface area (Å²) in [6.45, 7) is 1.87. The van der Waals surface area contributed by atoms with E-state index in [2.05, 4.69) is 11.8 Å². The summed E-state index contributed by atoms with van der Waals surface area (Å²) in [5.74, 6) is 6.01. The van der Waals surface area contributed by atoms with E-state index in [1.54, 1.807) is 0 Å². The third-order valence-electron chi connectivity index (χ3n) is 1.66. The Morgan fingerprint density at radius 2 is 2.08 bits per heavy atom. The van der Waals surface area contributed by atoms with Crippen molar-refractivity contribution in [2.75, 3.05) is 0 Å². The number of hydrogen-bond acceptors (Lipinski definition) is 1. The van der Waals surface area contributed by atoms with Gasteiger partial charge in [-0.1, -0.05) is 37.0 Å². The first kappa shape index (κ1) is 9.54. The van der Waals surface area contributed by atoms with E-state index in [1.165, 1.54) is 0 Å². The second kappa shape index (κ2) is 5.16. The van der Waals surface area contributed by atoms with E-state index in [0.29, 0.717) is 6.42 Å². The Bertz CT molecular complexity index is 316. The van der Waals surface area contributed by atoms with Crippen LogP contribution >= 0.6 is 0 Å². The molecule has 0 aliphatic rings. The van der Waals surface area contributed by atoms with E-state index in [1.807, 2.05) is 37.3 Å². The molecule has 0 unspecified atom stereocenters. The first-order chi connectivity index (χ1) is 6.33. The number of rotatable bonds is 2. The van der Waals surface area contributed by atoms with Crippen molar-refractivity contribution in [2.24, 2.45) is 5.92 Å². The van der Waals surface area contributed by atoms with Crippen LogP contribution in [0.3, 0.4) is 0 Å². The zero-order valence-electron chi connectivity index (χ0n) is 7.66. The Labute approximate surface area is 78.8 Å². The quantitative estimate of drug-likeness (QED) is 0.494. The molecule has 1 atom stereocenters. The van der Waals surface area contributed by atoms with Gasteiger partial charge in [-0.2, -0.15) is 0 Å². The molecular weight excluding hydrogens is 160 g/mol. The van der Waals surface area contributed by atoms with Crippen LogP contribution in [0.1, 0.15) is 18.9 Å². The molecule has 0 bridgehead atoms. The van der Waals surface area contributed by atoms with Crippen LogP contribution < -0.4 is 0 Å². The minimum absolute atomic E-state index is 0.0382. The molecule has 0 N–H and O–H groups in total. The fourth-order valence-corrected chi connectivity index (χ4v) is 0.884. The predicted molar refractivity (Wildman–Crippen MR) is 53.2 cm³/mol. The summed E-state index contributed by atoms with van der Waals surface area (Å²) in [4.78, 5) is 10.3. The van der Waals surface area contributed by atoms with Crippen molar-refractivity contribution in [3.05, 3.63) is 35.9 Å². The van der Waals surface area contributed by atoms with Crippen molar-refractivity contribution >= 4 is 6.29 Å². The Morgan fingerprint density at radius 1 is 1.38 bits per heavy atom. The molecule has 0 spiro atoms. The molecule has 1 rings (SSSR count). The number of carbonyl (C=O) groups excluding carboxylic acids is 1. The topological polar surface area (TPSA) is 17.1 Å². The van der Waals surface area contributed by atoms with Gasteiger partial charge in [-0.15, -0.1) is 0 Å². The molecule has 0 heterocycles. The standard InChI is InChI=1S/C12H12O/c1-11(10-13)6-5-9-12-7-3-2-4-8-12/h2-4,7-8,10-11H,6H2,1H3/t11-/m1/s1. The molecule has 1 aromatic rings. The van der Waals surface area contributed by atoms with Crippen LogP contribution in [0.15, 0.2) is 30.3 Å². The highest BCUT2D eigenvalue weighted by molar-refractivity contribution is 5.53. The average molecular weight is 172 g/mol. The SMILES string of the molecule is C[C@@H](C=O)CC#Cc1ccccc1. The molecule has 0 fully saturated rings. The second-order valence-electron chi connectivity index (χ2n) is 2.99. The molecule has 0 aliphatic carbocycles. The van der Waals surface area contributed by atoms with Crippen LogP contribution in [0.2, 0.25) is 0 Å². The van der Waals surface area contributed by atoms with Gasteiger partial charge in [0.15, 0.2) is 0 Å². The summed E-state index contributed by atoms with van der Waals surface area (Å²) in [6, 6.07) is 9.77. The number of benzene rings is 1. The van der Waals surface area contributed by atoms with Crippen molar-refractivity contribution in [1.29, 1.82) is 0 Å². The van der Waals surface area contributed by atoms with E-state index in [-0.39, 0.29) is 5.92 Å². The van der Waals surface area contributed by atoms with Gasteiger partial charge >= 0.3 is 0 Å².